The molecule has 23 heavy (non-hydrogen) atoms. The predicted octanol–water partition coefficient (Wildman–Crippen LogP) is 1.69. The molecule has 0 unspecified atom stereocenters. The van der Waals surface area contributed by atoms with Gasteiger partial charge >= 0.3 is 0 Å². The molecule has 0 aromatic heterocycles. The monoisotopic (exact) mass is 310 g/mol. The Morgan fingerprint density at radius 2 is 1.70 bits per heavy atom. The van der Waals surface area contributed by atoms with Crippen molar-refractivity contribution < 1.29 is 4.79 Å². The average molecular weight is 310 g/mol. The number of nitrogens with two attached hydrogens (primary N) is 2. The molecule has 4 N–H and O–H groups in total. The van der Waals surface area contributed by atoms with Crippen molar-refractivity contribution in [3.05, 3.63) is 59.7 Å². The molecule has 0 atom stereocenters. The van der Waals surface area contributed by atoms with E-state index in [-0.39, 0.29) is 5.91 Å². The van der Waals surface area contributed by atoms with Crippen molar-refractivity contribution in [1.29, 1.82) is 0 Å². The minimum atomic E-state index is -0.375. The number of amides is 1. The number of carbonyl (C=O) groups excluding carboxylic acids is 1. The van der Waals surface area contributed by atoms with Gasteiger partial charge in [-0.2, -0.15) is 0 Å². The number of primary amides is 1. The molecule has 2 aromatic carbocycles. The smallest absolute Gasteiger partial charge is 0.248 e. The van der Waals surface area contributed by atoms with E-state index in [2.05, 4.69) is 21.9 Å². The molecule has 5 heteroatoms. The lowest BCUT2D eigenvalue weighted by molar-refractivity contribution is 0.1000. The van der Waals surface area contributed by atoms with Gasteiger partial charge in [0.15, 0.2) is 0 Å². The Balaban J connectivity index is 1.58. The lowest BCUT2D eigenvalue weighted by Gasteiger charge is -2.36. The second-order valence-electron chi connectivity index (χ2n) is 5.92. The summed E-state index contributed by atoms with van der Waals surface area (Å²) in [6.07, 6.45) is 0. The zero-order chi connectivity index (χ0) is 16.2. The van der Waals surface area contributed by atoms with E-state index in [0.29, 0.717) is 5.56 Å². The van der Waals surface area contributed by atoms with Crippen molar-refractivity contribution >= 4 is 17.3 Å². The average Bonchev–Trinajstić information content (AvgIpc) is 2.57. The molecule has 0 aliphatic carbocycles. The maximum Gasteiger partial charge on any atom is 0.248 e. The van der Waals surface area contributed by atoms with Gasteiger partial charge in [-0.25, -0.2) is 0 Å². The predicted molar refractivity (Wildman–Crippen MR) is 93.3 cm³/mol. The summed E-state index contributed by atoms with van der Waals surface area (Å²) in [5.41, 5.74) is 14.8. The number of piperazine rings is 1. The summed E-state index contributed by atoms with van der Waals surface area (Å²) < 4.78 is 0. The van der Waals surface area contributed by atoms with Gasteiger partial charge in [0.25, 0.3) is 0 Å². The van der Waals surface area contributed by atoms with Crippen LogP contribution in [0, 0.1) is 0 Å². The highest BCUT2D eigenvalue weighted by Gasteiger charge is 2.17. The second kappa shape index (κ2) is 6.71. The number of hydrogen-bond donors (Lipinski definition) is 2. The van der Waals surface area contributed by atoms with E-state index < -0.39 is 0 Å². The summed E-state index contributed by atoms with van der Waals surface area (Å²) in [5, 5.41) is 0. The van der Waals surface area contributed by atoms with Crippen LogP contribution in [0.2, 0.25) is 0 Å². The van der Waals surface area contributed by atoms with Gasteiger partial charge in [0.1, 0.15) is 0 Å². The fourth-order valence-electron chi connectivity index (χ4n) is 2.93. The summed E-state index contributed by atoms with van der Waals surface area (Å²) in [4.78, 5) is 16.0. The summed E-state index contributed by atoms with van der Waals surface area (Å²) in [5.74, 6) is -0.375. The first-order valence-electron chi connectivity index (χ1n) is 7.83. The summed E-state index contributed by atoms with van der Waals surface area (Å²) in [6, 6.07) is 15.6. The molecule has 1 saturated heterocycles. The normalized spacial score (nSPS) is 15.6. The lowest BCUT2D eigenvalue weighted by atomic mass is 10.1. The van der Waals surface area contributed by atoms with Crippen LogP contribution in [0.4, 0.5) is 11.4 Å². The van der Waals surface area contributed by atoms with Crippen LogP contribution in [0.3, 0.4) is 0 Å². The molecular formula is C18H22N4O. The molecule has 2 aromatic rings. The molecular weight excluding hydrogens is 288 g/mol. The molecule has 1 fully saturated rings. The molecule has 1 aliphatic rings. The SMILES string of the molecule is NC(=O)c1cccc(CN2CCN(c3ccc(N)cc3)CC2)c1. The molecule has 1 amide bonds. The van der Waals surface area contributed by atoms with Crippen molar-refractivity contribution in [3.8, 4) is 0 Å². The van der Waals surface area contributed by atoms with Crippen LogP contribution in [0.25, 0.3) is 0 Å². The fourth-order valence-corrected chi connectivity index (χ4v) is 2.93. The van der Waals surface area contributed by atoms with Crippen LogP contribution in [0.1, 0.15) is 15.9 Å². The topological polar surface area (TPSA) is 75.6 Å². The maximum atomic E-state index is 11.3. The highest BCUT2D eigenvalue weighted by Crippen LogP contribution is 2.19. The Labute approximate surface area is 136 Å². The number of nitrogens with zero attached hydrogens (tertiary/aromatic N) is 2. The number of hydrogen-bond acceptors (Lipinski definition) is 4. The van der Waals surface area contributed by atoms with E-state index in [9.17, 15) is 4.79 Å². The number of anilines is 2. The Bertz CT molecular complexity index is 676. The van der Waals surface area contributed by atoms with E-state index in [1.165, 1.54) is 5.69 Å². The third kappa shape index (κ3) is 3.81. The number of rotatable bonds is 4. The summed E-state index contributed by atoms with van der Waals surface area (Å²) >= 11 is 0. The molecule has 120 valence electrons. The fraction of sp³-hybridized carbons (Fsp3) is 0.278. The van der Waals surface area contributed by atoms with Gasteiger partial charge in [0.05, 0.1) is 0 Å². The Morgan fingerprint density at radius 3 is 2.35 bits per heavy atom. The van der Waals surface area contributed by atoms with Gasteiger partial charge in [-0.1, -0.05) is 12.1 Å². The van der Waals surface area contributed by atoms with Gasteiger partial charge in [-0.15, -0.1) is 0 Å². The van der Waals surface area contributed by atoms with Gasteiger partial charge in [-0.05, 0) is 42.0 Å². The zero-order valence-corrected chi connectivity index (χ0v) is 13.1. The van der Waals surface area contributed by atoms with E-state index in [4.69, 9.17) is 11.5 Å². The highest BCUT2D eigenvalue weighted by molar-refractivity contribution is 5.92. The van der Waals surface area contributed by atoms with Gasteiger partial charge in [0, 0.05) is 49.7 Å². The Kier molecular flexibility index (Phi) is 4.48. The van der Waals surface area contributed by atoms with Crippen LogP contribution < -0.4 is 16.4 Å². The van der Waals surface area contributed by atoms with Crippen LogP contribution in [0.5, 0.6) is 0 Å². The van der Waals surface area contributed by atoms with Crippen LogP contribution >= 0.6 is 0 Å². The first-order chi connectivity index (χ1) is 11.1. The molecule has 0 radical (unpaired) electrons. The minimum Gasteiger partial charge on any atom is -0.399 e. The van der Waals surface area contributed by atoms with Crippen molar-refractivity contribution in [2.45, 2.75) is 6.54 Å². The Hall–Kier alpha value is -2.53. The third-order valence-electron chi connectivity index (χ3n) is 4.25. The van der Waals surface area contributed by atoms with E-state index >= 15 is 0 Å². The molecule has 1 aliphatic heterocycles. The number of nitrogen functional groups attached to an aromatic ring is 1. The standard InChI is InChI=1S/C18H22N4O/c19-16-4-6-17(7-5-16)22-10-8-21(9-11-22)13-14-2-1-3-15(12-14)18(20)23/h1-7,12H,8-11,13,19H2,(H2,20,23). The van der Waals surface area contributed by atoms with Crippen molar-refractivity contribution in [2.75, 3.05) is 36.8 Å². The maximum absolute atomic E-state index is 11.3. The van der Waals surface area contributed by atoms with Crippen molar-refractivity contribution in [2.24, 2.45) is 5.73 Å². The number of carbonyl (C=O) groups is 1. The molecule has 0 saturated carbocycles. The van der Waals surface area contributed by atoms with Crippen molar-refractivity contribution in [3.63, 3.8) is 0 Å². The van der Waals surface area contributed by atoms with E-state index in [1.807, 2.05) is 30.3 Å². The summed E-state index contributed by atoms with van der Waals surface area (Å²) in [7, 11) is 0. The lowest BCUT2D eigenvalue weighted by Crippen LogP contribution is -2.45. The highest BCUT2D eigenvalue weighted by atomic mass is 16.1. The van der Waals surface area contributed by atoms with Crippen LogP contribution in [-0.4, -0.2) is 37.0 Å². The largest absolute Gasteiger partial charge is 0.399 e. The molecule has 3 rings (SSSR count). The third-order valence-corrected chi connectivity index (χ3v) is 4.25. The van der Waals surface area contributed by atoms with Gasteiger partial charge < -0.3 is 16.4 Å². The molecule has 0 bridgehead atoms. The number of benzene rings is 2. The zero-order valence-electron chi connectivity index (χ0n) is 13.1. The minimum absolute atomic E-state index is 0.375. The first-order valence-corrected chi connectivity index (χ1v) is 7.83. The summed E-state index contributed by atoms with van der Waals surface area (Å²) in [6.45, 7) is 4.80. The second-order valence-corrected chi connectivity index (χ2v) is 5.92. The van der Waals surface area contributed by atoms with Crippen molar-refractivity contribution in [1.82, 2.24) is 4.90 Å². The molecule has 0 spiro atoms. The quantitative estimate of drug-likeness (QED) is 0.843. The molecule has 1 heterocycles. The van der Waals surface area contributed by atoms with E-state index in [0.717, 1.165) is 44.0 Å². The van der Waals surface area contributed by atoms with Gasteiger partial charge in [-0.3, -0.25) is 9.69 Å². The Morgan fingerprint density at radius 1 is 1.00 bits per heavy atom. The van der Waals surface area contributed by atoms with Crippen LogP contribution in [0.15, 0.2) is 48.5 Å². The molecule has 5 nitrogen and oxygen atoms in total. The van der Waals surface area contributed by atoms with Crippen LogP contribution in [-0.2, 0) is 6.54 Å². The van der Waals surface area contributed by atoms with E-state index in [1.54, 1.807) is 6.07 Å². The first kappa shape index (κ1) is 15.4. The van der Waals surface area contributed by atoms with Gasteiger partial charge in [0.2, 0.25) is 5.91 Å².